The number of rotatable bonds is 7. The maximum atomic E-state index is 13.2. The van der Waals surface area contributed by atoms with Crippen molar-refractivity contribution >= 4 is 5.91 Å². The van der Waals surface area contributed by atoms with Crippen LogP contribution in [0.3, 0.4) is 0 Å². The Kier molecular flexibility index (Phi) is 5.57. The quantitative estimate of drug-likeness (QED) is 0.414. The molecular weight excluding hydrogens is 414 g/mol. The second kappa shape index (κ2) is 8.82. The summed E-state index contributed by atoms with van der Waals surface area (Å²) in [4.78, 5) is 15.1. The van der Waals surface area contributed by atoms with Crippen LogP contribution in [0.4, 0.5) is 0 Å². The van der Waals surface area contributed by atoms with Crippen LogP contribution in [0.2, 0.25) is 0 Å². The number of fused-ring (bicyclic) bond motifs is 1. The molecule has 0 unspecified atom stereocenters. The van der Waals surface area contributed by atoms with E-state index in [9.17, 15) is 4.79 Å². The summed E-state index contributed by atoms with van der Waals surface area (Å²) >= 11 is 0. The van der Waals surface area contributed by atoms with Crippen molar-refractivity contribution in [3.63, 3.8) is 0 Å². The van der Waals surface area contributed by atoms with Gasteiger partial charge in [-0.15, -0.1) is 0 Å². The number of carbonyl (C=O) groups excluding carboxylic acids is 1. The molecule has 1 amide bonds. The highest BCUT2D eigenvalue weighted by Gasteiger charge is 2.30. The lowest BCUT2D eigenvalue weighted by Gasteiger charge is -2.16. The van der Waals surface area contributed by atoms with Crippen molar-refractivity contribution in [2.75, 3.05) is 7.11 Å². The highest BCUT2D eigenvalue weighted by Crippen LogP contribution is 2.32. The molecule has 0 atom stereocenters. The van der Waals surface area contributed by atoms with Crippen LogP contribution in [0.1, 0.15) is 27.0 Å². The van der Waals surface area contributed by atoms with E-state index in [-0.39, 0.29) is 5.91 Å². The fourth-order valence-electron chi connectivity index (χ4n) is 4.15. The van der Waals surface area contributed by atoms with E-state index in [4.69, 9.17) is 9.47 Å². The Morgan fingerprint density at radius 1 is 0.970 bits per heavy atom. The molecule has 1 aromatic heterocycles. The number of hydrogen-bond acceptors (Lipinski definition) is 4. The zero-order valence-corrected chi connectivity index (χ0v) is 18.7. The molecule has 4 aromatic rings. The average Bonchev–Trinajstić information content (AvgIpc) is 3.42. The molecule has 33 heavy (non-hydrogen) atoms. The van der Waals surface area contributed by atoms with Crippen LogP contribution in [-0.4, -0.2) is 27.7 Å². The molecule has 0 saturated carbocycles. The van der Waals surface area contributed by atoms with Crippen molar-refractivity contribution < 1.29 is 14.3 Å². The number of ether oxygens (including phenoxy) is 2. The summed E-state index contributed by atoms with van der Waals surface area (Å²) in [5.74, 6) is 1.41. The minimum atomic E-state index is 0.00239. The zero-order valence-electron chi connectivity index (χ0n) is 18.7. The molecule has 0 saturated heterocycles. The van der Waals surface area contributed by atoms with Crippen LogP contribution in [0.5, 0.6) is 11.5 Å². The van der Waals surface area contributed by atoms with Crippen LogP contribution < -0.4 is 9.47 Å². The van der Waals surface area contributed by atoms with Crippen molar-refractivity contribution in [2.24, 2.45) is 7.05 Å². The van der Waals surface area contributed by atoms with Gasteiger partial charge in [0.1, 0.15) is 18.1 Å². The fourth-order valence-corrected chi connectivity index (χ4v) is 4.15. The molecule has 0 aliphatic carbocycles. The predicted molar refractivity (Wildman–Crippen MR) is 126 cm³/mol. The van der Waals surface area contributed by atoms with Crippen LogP contribution in [-0.2, 0) is 26.7 Å². The zero-order chi connectivity index (χ0) is 22.8. The van der Waals surface area contributed by atoms with Crippen LogP contribution in [0.15, 0.2) is 79.1 Å². The van der Waals surface area contributed by atoms with Crippen LogP contribution in [0.25, 0.3) is 11.1 Å². The smallest absolute Gasteiger partial charge is 0.258 e. The first-order valence-corrected chi connectivity index (χ1v) is 10.9. The lowest BCUT2D eigenvalue weighted by Crippen LogP contribution is -2.23. The van der Waals surface area contributed by atoms with Crippen LogP contribution in [0, 0.1) is 0 Å². The summed E-state index contributed by atoms with van der Waals surface area (Å²) in [6.45, 7) is 1.50. The Hall–Kier alpha value is -4.06. The lowest BCUT2D eigenvalue weighted by molar-refractivity contribution is 0.0763. The molecule has 166 valence electrons. The SMILES string of the molecule is COc1cccc(COc2cccc3c2C(=O)N(Cc2ccc(-c4cnn(C)c4)cc2)C3)c1. The van der Waals surface area contributed by atoms with Gasteiger partial charge < -0.3 is 14.4 Å². The second-order valence-electron chi connectivity index (χ2n) is 8.19. The summed E-state index contributed by atoms with van der Waals surface area (Å²) in [6.07, 6.45) is 3.84. The summed E-state index contributed by atoms with van der Waals surface area (Å²) in [5.41, 5.74) is 5.91. The molecule has 0 spiro atoms. The Labute approximate surface area is 193 Å². The molecule has 2 heterocycles. The molecule has 6 heteroatoms. The third-order valence-corrected chi connectivity index (χ3v) is 5.87. The van der Waals surface area contributed by atoms with Crippen LogP contribution >= 0.6 is 0 Å². The van der Waals surface area contributed by atoms with E-state index in [1.54, 1.807) is 11.8 Å². The Morgan fingerprint density at radius 3 is 2.55 bits per heavy atom. The Morgan fingerprint density at radius 2 is 1.79 bits per heavy atom. The molecule has 5 rings (SSSR count). The highest BCUT2D eigenvalue weighted by molar-refractivity contribution is 6.01. The van der Waals surface area contributed by atoms with E-state index in [0.717, 1.165) is 33.6 Å². The van der Waals surface area contributed by atoms with E-state index in [1.165, 1.54) is 0 Å². The topological polar surface area (TPSA) is 56.6 Å². The summed E-state index contributed by atoms with van der Waals surface area (Å²) in [6, 6.07) is 21.8. The number of aromatic nitrogens is 2. The van der Waals surface area contributed by atoms with Gasteiger partial charge in [0.15, 0.2) is 0 Å². The average molecular weight is 440 g/mol. The van der Waals surface area contributed by atoms with E-state index in [2.05, 4.69) is 29.4 Å². The van der Waals surface area contributed by atoms with Gasteiger partial charge in [0, 0.05) is 31.9 Å². The molecule has 3 aromatic carbocycles. The minimum Gasteiger partial charge on any atom is -0.497 e. The number of nitrogens with zero attached hydrogens (tertiary/aromatic N) is 3. The van der Waals surface area contributed by atoms with Gasteiger partial charge in [-0.05, 0) is 40.5 Å². The van der Waals surface area contributed by atoms with Gasteiger partial charge in [0.25, 0.3) is 5.91 Å². The molecule has 0 N–H and O–H groups in total. The van der Waals surface area contributed by atoms with E-state index in [0.29, 0.717) is 31.0 Å². The number of hydrogen-bond donors (Lipinski definition) is 0. The number of benzene rings is 3. The summed E-state index contributed by atoms with van der Waals surface area (Å²) in [5, 5.41) is 4.23. The highest BCUT2D eigenvalue weighted by atomic mass is 16.5. The Bertz CT molecular complexity index is 1290. The van der Waals surface area contributed by atoms with Gasteiger partial charge in [0.2, 0.25) is 0 Å². The molecule has 0 fully saturated rings. The van der Waals surface area contributed by atoms with Crippen molar-refractivity contribution in [3.05, 3.63) is 101 Å². The minimum absolute atomic E-state index is 0.00239. The maximum Gasteiger partial charge on any atom is 0.258 e. The van der Waals surface area contributed by atoms with E-state index >= 15 is 0 Å². The van der Waals surface area contributed by atoms with Crippen molar-refractivity contribution in [1.82, 2.24) is 14.7 Å². The first kappa shape index (κ1) is 20.8. The fraction of sp³-hybridized carbons (Fsp3) is 0.185. The monoisotopic (exact) mass is 439 g/mol. The molecule has 1 aliphatic heterocycles. The first-order chi connectivity index (χ1) is 16.1. The van der Waals surface area contributed by atoms with Gasteiger partial charge in [0.05, 0.1) is 18.9 Å². The third-order valence-electron chi connectivity index (χ3n) is 5.87. The number of amides is 1. The number of methoxy groups -OCH3 is 1. The first-order valence-electron chi connectivity index (χ1n) is 10.9. The normalized spacial score (nSPS) is 12.7. The van der Waals surface area contributed by atoms with Gasteiger partial charge in [-0.25, -0.2) is 0 Å². The van der Waals surface area contributed by atoms with E-state index in [1.807, 2.05) is 66.8 Å². The molecular formula is C27H25N3O3. The van der Waals surface area contributed by atoms with E-state index < -0.39 is 0 Å². The molecule has 0 bridgehead atoms. The predicted octanol–water partition coefficient (Wildman–Crippen LogP) is 4.83. The van der Waals surface area contributed by atoms with Gasteiger partial charge in [-0.3, -0.25) is 9.48 Å². The largest absolute Gasteiger partial charge is 0.497 e. The molecule has 6 nitrogen and oxygen atoms in total. The summed E-state index contributed by atoms with van der Waals surface area (Å²) in [7, 11) is 3.55. The third kappa shape index (κ3) is 4.32. The molecule has 1 aliphatic rings. The van der Waals surface area contributed by atoms with Gasteiger partial charge in [-0.2, -0.15) is 5.10 Å². The van der Waals surface area contributed by atoms with Gasteiger partial charge >= 0.3 is 0 Å². The lowest BCUT2D eigenvalue weighted by atomic mass is 10.1. The number of aryl methyl sites for hydroxylation is 1. The van der Waals surface area contributed by atoms with Crippen molar-refractivity contribution in [2.45, 2.75) is 19.7 Å². The van der Waals surface area contributed by atoms with Gasteiger partial charge in [-0.1, -0.05) is 48.5 Å². The molecule has 0 radical (unpaired) electrons. The van der Waals surface area contributed by atoms with Crippen molar-refractivity contribution in [1.29, 1.82) is 0 Å². The van der Waals surface area contributed by atoms with Crippen molar-refractivity contribution in [3.8, 4) is 22.6 Å². The maximum absolute atomic E-state index is 13.2. The summed E-state index contributed by atoms with van der Waals surface area (Å²) < 4.78 is 13.1. The number of carbonyl (C=O) groups is 1. The Balaban J connectivity index is 1.29. The standard InChI is InChI=1S/C27H25N3O3/c1-29-16-23(14-28-29)21-11-9-19(10-12-21)15-30-17-22-6-4-8-25(26(22)27(30)31)33-18-20-5-3-7-24(13-20)32-2/h3-14,16H,15,17-18H2,1-2H3. The second-order valence-corrected chi connectivity index (χ2v) is 8.19.